The maximum atomic E-state index is 11.9. The predicted molar refractivity (Wildman–Crippen MR) is 79.2 cm³/mol. The van der Waals surface area contributed by atoms with Crippen molar-refractivity contribution in [3.63, 3.8) is 0 Å². The number of hydrogen-bond acceptors (Lipinski definition) is 3. The molecule has 0 saturated heterocycles. The van der Waals surface area contributed by atoms with E-state index in [-0.39, 0.29) is 5.91 Å². The van der Waals surface area contributed by atoms with E-state index in [1.807, 2.05) is 13.8 Å². The summed E-state index contributed by atoms with van der Waals surface area (Å²) in [5.41, 5.74) is 1.49. The molecule has 19 heavy (non-hydrogen) atoms. The number of thiazole rings is 1. The van der Waals surface area contributed by atoms with E-state index in [0.717, 1.165) is 10.7 Å². The first-order valence-electron chi connectivity index (χ1n) is 5.63. The topological polar surface area (TPSA) is 42.0 Å². The Labute approximate surface area is 125 Å². The quantitative estimate of drug-likeness (QED) is 0.930. The Kier molecular flexibility index (Phi) is 4.45. The fourth-order valence-electron chi connectivity index (χ4n) is 1.51. The highest BCUT2D eigenvalue weighted by Crippen LogP contribution is 2.22. The van der Waals surface area contributed by atoms with Crippen LogP contribution in [-0.4, -0.2) is 10.9 Å². The summed E-state index contributed by atoms with van der Waals surface area (Å²) in [7, 11) is 0. The van der Waals surface area contributed by atoms with Gasteiger partial charge in [-0.2, -0.15) is 0 Å². The smallest absolute Gasteiger partial charge is 0.251 e. The minimum Gasteiger partial charge on any atom is -0.346 e. The number of benzene rings is 1. The highest BCUT2D eigenvalue weighted by Gasteiger charge is 2.09. The summed E-state index contributed by atoms with van der Waals surface area (Å²) >= 11 is 13.3. The molecule has 1 aromatic heterocycles. The van der Waals surface area contributed by atoms with Crippen molar-refractivity contribution in [2.45, 2.75) is 20.4 Å². The summed E-state index contributed by atoms with van der Waals surface area (Å²) in [4.78, 5) is 17.5. The number of carbonyl (C=O) groups is 1. The summed E-state index contributed by atoms with van der Waals surface area (Å²) in [5.74, 6) is -0.191. The van der Waals surface area contributed by atoms with E-state index in [9.17, 15) is 4.79 Å². The summed E-state index contributed by atoms with van der Waals surface area (Å²) in [5, 5.41) is 4.51. The van der Waals surface area contributed by atoms with E-state index in [2.05, 4.69) is 10.3 Å². The lowest BCUT2D eigenvalue weighted by molar-refractivity contribution is 0.0951. The molecule has 0 aliphatic heterocycles. The van der Waals surface area contributed by atoms with Gasteiger partial charge in [0.05, 0.1) is 22.3 Å². The van der Waals surface area contributed by atoms with Gasteiger partial charge in [-0.1, -0.05) is 23.2 Å². The molecule has 0 aliphatic rings. The van der Waals surface area contributed by atoms with Crippen molar-refractivity contribution in [3.05, 3.63) is 49.4 Å². The van der Waals surface area contributed by atoms with Gasteiger partial charge in [0.25, 0.3) is 5.91 Å². The molecule has 0 fully saturated rings. The monoisotopic (exact) mass is 314 g/mol. The van der Waals surface area contributed by atoms with Crippen LogP contribution in [0.4, 0.5) is 0 Å². The molecule has 0 bridgehead atoms. The standard InChI is InChI=1S/C13H12Cl2N2OS/c1-7-8(2)19-12(17-7)6-16-13(18)9-3-4-10(14)11(15)5-9/h3-5H,6H2,1-2H3,(H,16,18). The van der Waals surface area contributed by atoms with Gasteiger partial charge in [0.1, 0.15) is 5.01 Å². The lowest BCUT2D eigenvalue weighted by Crippen LogP contribution is -2.22. The number of nitrogens with zero attached hydrogens (tertiary/aromatic N) is 1. The molecule has 3 nitrogen and oxygen atoms in total. The normalized spacial score (nSPS) is 10.5. The van der Waals surface area contributed by atoms with Gasteiger partial charge in [-0.25, -0.2) is 4.98 Å². The van der Waals surface area contributed by atoms with Gasteiger partial charge in [0, 0.05) is 10.4 Å². The van der Waals surface area contributed by atoms with Gasteiger partial charge >= 0.3 is 0 Å². The zero-order chi connectivity index (χ0) is 14.0. The number of nitrogens with one attached hydrogen (secondary N) is 1. The highest BCUT2D eigenvalue weighted by molar-refractivity contribution is 7.11. The Morgan fingerprint density at radius 3 is 2.63 bits per heavy atom. The molecule has 1 N–H and O–H groups in total. The minimum absolute atomic E-state index is 0.191. The molecular weight excluding hydrogens is 303 g/mol. The van der Waals surface area contributed by atoms with Crippen LogP contribution >= 0.6 is 34.5 Å². The lowest BCUT2D eigenvalue weighted by atomic mass is 10.2. The third kappa shape index (κ3) is 3.47. The van der Waals surface area contributed by atoms with Crippen LogP contribution in [0.15, 0.2) is 18.2 Å². The minimum atomic E-state index is -0.191. The van der Waals surface area contributed by atoms with Crippen LogP contribution in [0, 0.1) is 13.8 Å². The number of hydrogen-bond donors (Lipinski definition) is 1. The summed E-state index contributed by atoms with van der Waals surface area (Å²) in [6, 6.07) is 4.80. The summed E-state index contributed by atoms with van der Waals surface area (Å²) in [6.07, 6.45) is 0. The van der Waals surface area contributed by atoms with E-state index in [1.165, 1.54) is 4.88 Å². The second kappa shape index (κ2) is 5.90. The number of amides is 1. The molecule has 100 valence electrons. The van der Waals surface area contributed by atoms with Crippen LogP contribution in [0.5, 0.6) is 0 Å². The summed E-state index contributed by atoms with van der Waals surface area (Å²) < 4.78 is 0. The molecule has 2 aromatic rings. The van der Waals surface area contributed by atoms with E-state index in [1.54, 1.807) is 29.5 Å². The number of halogens is 2. The van der Waals surface area contributed by atoms with Crippen LogP contribution in [0.25, 0.3) is 0 Å². The maximum absolute atomic E-state index is 11.9. The van der Waals surface area contributed by atoms with Gasteiger partial charge in [0.15, 0.2) is 0 Å². The maximum Gasteiger partial charge on any atom is 0.251 e. The van der Waals surface area contributed by atoms with Gasteiger partial charge in [-0.05, 0) is 32.0 Å². The van der Waals surface area contributed by atoms with Crippen molar-refractivity contribution >= 4 is 40.4 Å². The van der Waals surface area contributed by atoms with Crippen LogP contribution < -0.4 is 5.32 Å². The SMILES string of the molecule is Cc1nc(CNC(=O)c2ccc(Cl)c(Cl)c2)sc1C. The molecule has 1 heterocycles. The molecule has 0 radical (unpaired) electrons. The molecule has 6 heteroatoms. The lowest BCUT2D eigenvalue weighted by Gasteiger charge is -2.04. The van der Waals surface area contributed by atoms with Crippen molar-refractivity contribution in [1.82, 2.24) is 10.3 Å². The Balaban J connectivity index is 2.03. The van der Waals surface area contributed by atoms with Crippen molar-refractivity contribution in [1.29, 1.82) is 0 Å². The Morgan fingerprint density at radius 1 is 1.32 bits per heavy atom. The van der Waals surface area contributed by atoms with E-state index in [0.29, 0.717) is 22.2 Å². The Morgan fingerprint density at radius 2 is 2.05 bits per heavy atom. The second-order valence-electron chi connectivity index (χ2n) is 4.06. The van der Waals surface area contributed by atoms with Gasteiger partial charge < -0.3 is 5.32 Å². The molecule has 0 atom stereocenters. The number of carbonyl (C=O) groups excluding carboxylic acids is 1. The molecule has 2 rings (SSSR count). The molecular formula is C13H12Cl2N2OS. The van der Waals surface area contributed by atoms with Crippen molar-refractivity contribution in [2.24, 2.45) is 0 Å². The zero-order valence-electron chi connectivity index (χ0n) is 10.5. The first-order valence-corrected chi connectivity index (χ1v) is 7.21. The first-order chi connectivity index (χ1) is 8.97. The fourth-order valence-corrected chi connectivity index (χ4v) is 2.68. The first kappa shape index (κ1) is 14.3. The second-order valence-corrected chi connectivity index (χ2v) is 6.16. The van der Waals surface area contributed by atoms with E-state index in [4.69, 9.17) is 23.2 Å². The van der Waals surface area contributed by atoms with Crippen molar-refractivity contribution in [3.8, 4) is 0 Å². The van der Waals surface area contributed by atoms with Crippen LogP contribution in [0.1, 0.15) is 25.9 Å². The predicted octanol–water partition coefficient (Wildman–Crippen LogP) is 4.00. The largest absolute Gasteiger partial charge is 0.346 e. The number of aryl methyl sites for hydroxylation is 2. The molecule has 0 spiro atoms. The molecule has 1 amide bonds. The third-order valence-electron chi connectivity index (χ3n) is 2.65. The molecule has 0 aliphatic carbocycles. The third-order valence-corrected chi connectivity index (χ3v) is 4.47. The van der Waals surface area contributed by atoms with Gasteiger partial charge in [-0.3, -0.25) is 4.79 Å². The number of rotatable bonds is 3. The van der Waals surface area contributed by atoms with E-state index < -0.39 is 0 Å². The van der Waals surface area contributed by atoms with Crippen LogP contribution in [-0.2, 0) is 6.54 Å². The zero-order valence-corrected chi connectivity index (χ0v) is 12.8. The van der Waals surface area contributed by atoms with Crippen molar-refractivity contribution < 1.29 is 4.79 Å². The molecule has 0 unspecified atom stereocenters. The van der Waals surface area contributed by atoms with Crippen LogP contribution in [0.3, 0.4) is 0 Å². The number of aromatic nitrogens is 1. The Hall–Kier alpha value is -1.10. The fraction of sp³-hybridized carbons (Fsp3) is 0.231. The Bertz CT molecular complexity index is 606. The molecule has 1 aromatic carbocycles. The highest BCUT2D eigenvalue weighted by atomic mass is 35.5. The average Bonchev–Trinajstić information content (AvgIpc) is 2.69. The van der Waals surface area contributed by atoms with Crippen molar-refractivity contribution in [2.75, 3.05) is 0 Å². The van der Waals surface area contributed by atoms with Gasteiger partial charge in [0.2, 0.25) is 0 Å². The molecule has 0 saturated carbocycles. The summed E-state index contributed by atoms with van der Waals surface area (Å²) in [6.45, 7) is 4.38. The van der Waals surface area contributed by atoms with E-state index >= 15 is 0 Å². The van der Waals surface area contributed by atoms with Crippen LogP contribution in [0.2, 0.25) is 10.0 Å². The van der Waals surface area contributed by atoms with Gasteiger partial charge in [-0.15, -0.1) is 11.3 Å². The average molecular weight is 315 g/mol.